The first-order chi connectivity index (χ1) is 7.90. The number of nitrogens with zero attached hydrogens (tertiary/aromatic N) is 1. The van der Waals surface area contributed by atoms with Crippen LogP contribution in [-0.2, 0) is 9.53 Å². The molecule has 1 aliphatic rings. The summed E-state index contributed by atoms with van der Waals surface area (Å²) in [6.45, 7) is -0.0750. The van der Waals surface area contributed by atoms with Gasteiger partial charge in [0.15, 0.2) is 0 Å². The minimum Gasteiger partial charge on any atom is -0.384 e. The van der Waals surface area contributed by atoms with Gasteiger partial charge in [-0.1, -0.05) is 0 Å². The van der Waals surface area contributed by atoms with Crippen LogP contribution in [0.3, 0.4) is 0 Å². The standard InChI is InChI=1S/C10H17F3N2O2/c1-14-3-9(16)15-4-7(6-17-2)8(5-15)10(11,12)13/h7-8,14H,3-6H2,1-2H3. The van der Waals surface area contributed by atoms with E-state index >= 15 is 0 Å². The fourth-order valence-corrected chi connectivity index (χ4v) is 2.09. The molecule has 1 aliphatic heterocycles. The number of carbonyl (C=O) groups is 1. The third kappa shape index (κ3) is 3.57. The minimum atomic E-state index is -4.28. The zero-order valence-corrected chi connectivity index (χ0v) is 9.88. The molecule has 1 N–H and O–H groups in total. The largest absolute Gasteiger partial charge is 0.393 e. The van der Waals surface area contributed by atoms with Crippen LogP contribution in [0, 0.1) is 11.8 Å². The number of halogens is 3. The van der Waals surface area contributed by atoms with Gasteiger partial charge >= 0.3 is 6.18 Å². The van der Waals surface area contributed by atoms with Crippen LogP contribution in [0.4, 0.5) is 13.2 Å². The molecule has 0 saturated carbocycles. The van der Waals surface area contributed by atoms with E-state index in [2.05, 4.69) is 5.32 Å². The Morgan fingerprint density at radius 2 is 2.12 bits per heavy atom. The van der Waals surface area contributed by atoms with Crippen molar-refractivity contribution in [2.24, 2.45) is 11.8 Å². The molecule has 0 aliphatic carbocycles. The van der Waals surface area contributed by atoms with Crippen molar-refractivity contribution in [1.29, 1.82) is 0 Å². The topological polar surface area (TPSA) is 41.6 Å². The number of likely N-dealkylation sites (tertiary alicyclic amines) is 1. The van der Waals surface area contributed by atoms with Gasteiger partial charge in [-0.3, -0.25) is 4.79 Å². The van der Waals surface area contributed by atoms with Gasteiger partial charge in [-0.25, -0.2) is 0 Å². The molecule has 1 saturated heterocycles. The molecule has 0 aromatic rings. The summed E-state index contributed by atoms with van der Waals surface area (Å²) in [6, 6.07) is 0. The molecule has 2 atom stereocenters. The van der Waals surface area contributed by atoms with E-state index < -0.39 is 18.0 Å². The van der Waals surface area contributed by atoms with Crippen LogP contribution < -0.4 is 5.32 Å². The van der Waals surface area contributed by atoms with Gasteiger partial charge in [0, 0.05) is 26.1 Å². The number of likely N-dealkylation sites (N-methyl/N-ethyl adjacent to an activating group) is 1. The first-order valence-electron chi connectivity index (χ1n) is 5.38. The average molecular weight is 254 g/mol. The summed E-state index contributed by atoms with van der Waals surface area (Å²) in [5.74, 6) is -2.45. The van der Waals surface area contributed by atoms with Crippen LogP contribution in [0.15, 0.2) is 0 Å². The lowest BCUT2D eigenvalue weighted by atomic mass is 9.96. The van der Waals surface area contributed by atoms with Crippen LogP contribution in [0.5, 0.6) is 0 Å². The van der Waals surface area contributed by atoms with E-state index in [-0.39, 0.29) is 32.1 Å². The van der Waals surface area contributed by atoms with Crippen molar-refractivity contribution < 1.29 is 22.7 Å². The summed E-state index contributed by atoms with van der Waals surface area (Å²) in [5, 5.41) is 2.64. The van der Waals surface area contributed by atoms with Crippen LogP contribution >= 0.6 is 0 Å². The Balaban J connectivity index is 2.68. The first kappa shape index (κ1) is 14.2. The van der Waals surface area contributed by atoms with Gasteiger partial charge in [0.25, 0.3) is 0 Å². The minimum absolute atomic E-state index is 0.0213. The van der Waals surface area contributed by atoms with Crippen molar-refractivity contribution in [1.82, 2.24) is 10.2 Å². The molecule has 4 nitrogen and oxygen atoms in total. The number of amides is 1. The summed E-state index contributed by atoms with van der Waals surface area (Å²) in [4.78, 5) is 12.8. The van der Waals surface area contributed by atoms with Gasteiger partial charge in [0.2, 0.25) is 5.91 Å². The fourth-order valence-electron chi connectivity index (χ4n) is 2.09. The average Bonchev–Trinajstić information content (AvgIpc) is 2.62. The van der Waals surface area contributed by atoms with E-state index in [9.17, 15) is 18.0 Å². The van der Waals surface area contributed by atoms with E-state index in [0.29, 0.717) is 0 Å². The molecule has 1 fully saturated rings. The third-order valence-corrected chi connectivity index (χ3v) is 2.92. The van der Waals surface area contributed by atoms with Gasteiger partial charge in [-0.2, -0.15) is 13.2 Å². The molecule has 1 heterocycles. The predicted octanol–water partition coefficient (Wildman–Crippen LogP) is 0.489. The number of carbonyl (C=O) groups excluding carboxylic acids is 1. The molecule has 7 heteroatoms. The number of rotatable bonds is 4. The molecule has 0 aromatic carbocycles. The summed E-state index contributed by atoms with van der Waals surface area (Å²) in [7, 11) is 2.95. The number of hydrogen-bond donors (Lipinski definition) is 1. The summed E-state index contributed by atoms with van der Waals surface area (Å²) < 4.78 is 43.0. The molecule has 0 radical (unpaired) electrons. The van der Waals surface area contributed by atoms with Crippen LogP contribution in [0.2, 0.25) is 0 Å². The Morgan fingerprint density at radius 1 is 1.47 bits per heavy atom. The molecular weight excluding hydrogens is 237 g/mol. The second-order valence-electron chi connectivity index (χ2n) is 4.19. The molecule has 2 unspecified atom stereocenters. The number of ether oxygens (including phenoxy) is 1. The highest BCUT2D eigenvalue weighted by Gasteiger charge is 2.50. The Bertz CT molecular complexity index is 271. The lowest BCUT2D eigenvalue weighted by Crippen LogP contribution is -2.36. The fraction of sp³-hybridized carbons (Fsp3) is 0.900. The Kier molecular flexibility index (Phi) is 4.76. The second-order valence-corrected chi connectivity index (χ2v) is 4.19. The van der Waals surface area contributed by atoms with E-state index in [0.717, 1.165) is 0 Å². The van der Waals surface area contributed by atoms with Gasteiger partial charge in [0.05, 0.1) is 19.1 Å². The van der Waals surface area contributed by atoms with Crippen molar-refractivity contribution in [2.45, 2.75) is 6.18 Å². The SMILES string of the molecule is CNCC(=O)N1CC(COC)C(C(F)(F)F)C1. The van der Waals surface area contributed by atoms with Crippen molar-refractivity contribution >= 4 is 5.91 Å². The second kappa shape index (κ2) is 5.68. The van der Waals surface area contributed by atoms with E-state index in [1.54, 1.807) is 7.05 Å². The number of nitrogens with one attached hydrogen (secondary N) is 1. The molecule has 0 aromatic heterocycles. The first-order valence-corrected chi connectivity index (χ1v) is 5.38. The van der Waals surface area contributed by atoms with Crippen LogP contribution in [0.25, 0.3) is 0 Å². The van der Waals surface area contributed by atoms with Gasteiger partial charge in [0.1, 0.15) is 0 Å². The van der Waals surface area contributed by atoms with Crippen molar-refractivity contribution in [3.63, 3.8) is 0 Å². The monoisotopic (exact) mass is 254 g/mol. The highest BCUT2D eigenvalue weighted by atomic mass is 19.4. The zero-order chi connectivity index (χ0) is 13.1. The van der Waals surface area contributed by atoms with Gasteiger partial charge in [-0.15, -0.1) is 0 Å². The van der Waals surface area contributed by atoms with Crippen LogP contribution in [0.1, 0.15) is 0 Å². The summed E-state index contributed by atoms with van der Waals surface area (Å²) >= 11 is 0. The van der Waals surface area contributed by atoms with Crippen LogP contribution in [-0.4, -0.2) is 57.4 Å². The maximum atomic E-state index is 12.7. The lowest BCUT2D eigenvalue weighted by molar-refractivity contribution is -0.183. The quantitative estimate of drug-likeness (QED) is 0.794. The van der Waals surface area contributed by atoms with Crippen molar-refractivity contribution in [2.75, 3.05) is 40.4 Å². The molecule has 0 bridgehead atoms. The lowest BCUT2D eigenvalue weighted by Gasteiger charge is -2.19. The normalized spacial score (nSPS) is 25.4. The molecular formula is C10H17F3N2O2. The van der Waals surface area contributed by atoms with Gasteiger partial charge in [-0.05, 0) is 7.05 Å². The maximum Gasteiger partial charge on any atom is 0.393 e. The highest BCUT2D eigenvalue weighted by Crippen LogP contribution is 2.37. The van der Waals surface area contributed by atoms with Crippen molar-refractivity contribution in [3.05, 3.63) is 0 Å². The Morgan fingerprint density at radius 3 is 2.59 bits per heavy atom. The van der Waals surface area contributed by atoms with Crippen molar-refractivity contribution in [3.8, 4) is 0 Å². The molecule has 1 rings (SSSR count). The molecule has 100 valence electrons. The molecule has 1 amide bonds. The number of hydrogen-bond acceptors (Lipinski definition) is 3. The third-order valence-electron chi connectivity index (χ3n) is 2.92. The zero-order valence-electron chi connectivity index (χ0n) is 9.88. The molecule has 0 spiro atoms. The number of methoxy groups -OCH3 is 1. The smallest absolute Gasteiger partial charge is 0.384 e. The predicted molar refractivity (Wildman–Crippen MR) is 55.4 cm³/mol. The van der Waals surface area contributed by atoms with E-state index in [1.807, 2.05) is 0 Å². The maximum absolute atomic E-state index is 12.7. The molecule has 17 heavy (non-hydrogen) atoms. The highest BCUT2D eigenvalue weighted by molar-refractivity contribution is 5.78. The Hall–Kier alpha value is -0.820. The van der Waals surface area contributed by atoms with E-state index in [4.69, 9.17) is 4.74 Å². The summed E-state index contributed by atoms with van der Waals surface area (Å²) in [5.41, 5.74) is 0. The summed E-state index contributed by atoms with van der Waals surface area (Å²) in [6.07, 6.45) is -4.28. The number of alkyl halides is 3. The van der Waals surface area contributed by atoms with Gasteiger partial charge < -0.3 is 15.0 Å². The van der Waals surface area contributed by atoms with E-state index in [1.165, 1.54) is 12.0 Å². The Labute approximate surface area is 98.1 Å².